The van der Waals surface area contributed by atoms with Crippen molar-refractivity contribution in [3.8, 4) is 0 Å². The Kier molecular flexibility index (Phi) is 4.49. The van der Waals surface area contributed by atoms with Crippen molar-refractivity contribution in [1.82, 2.24) is 4.72 Å². The van der Waals surface area contributed by atoms with Crippen LogP contribution in [0.4, 0.5) is 0 Å². The number of halogens is 1. The van der Waals surface area contributed by atoms with E-state index in [2.05, 4.69) is 4.72 Å². The SMILES string of the molecule is COC[C@@H]1[C@H](NS(=O)(=O)c2c(C)cccc2Cl)[C@H]2CCO[C@H]21. The van der Waals surface area contributed by atoms with E-state index in [-0.39, 0.29) is 33.9 Å². The molecule has 2 fully saturated rings. The summed E-state index contributed by atoms with van der Waals surface area (Å²) in [6, 6.07) is 4.93. The Morgan fingerprint density at radius 1 is 1.45 bits per heavy atom. The molecule has 1 aliphatic carbocycles. The summed E-state index contributed by atoms with van der Waals surface area (Å²) in [4.78, 5) is 0.162. The fourth-order valence-electron chi connectivity index (χ4n) is 3.59. The first-order valence-electron chi connectivity index (χ1n) is 7.33. The van der Waals surface area contributed by atoms with Crippen LogP contribution in [0.25, 0.3) is 0 Å². The Morgan fingerprint density at radius 3 is 2.91 bits per heavy atom. The van der Waals surface area contributed by atoms with Crippen LogP contribution in [0, 0.1) is 18.8 Å². The topological polar surface area (TPSA) is 64.6 Å². The lowest BCUT2D eigenvalue weighted by Gasteiger charge is -2.47. The van der Waals surface area contributed by atoms with Gasteiger partial charge in [-0.2, -0.15) is 0 Å². The molecule has 0 spiro atoms. The van der Waals surface area contributed by atoms with Crippen LogP contribution >= 0.6 is 11.6 Å². The minimum Gasteiger partial charge on any atom is -0.384 e. The second kappa shape index (κ2) is 6.09. The Labute approximate surface area is 136 Å². The van der Waals surface area contributed by atoms with Gasteiger partial charge in [-0.15, -0.1) is 0 Å². The molecular weight excluding hydrogens is 326 g/mol. The lowest BCUT2D eigenvalue weighted by atomic mass is 9.68. The molecular formula is C15H20ClNO4S. The zero-order chi connectivity index (χ0) is 15.9. The fraction of sp³-hybridized carbons (Fsp3) is 0.600. The lowest BCUT2D eigenvalue weighted by Crippen LogP contribution is -2.62. The Morgan fingerprint density at radius 2 is 2.23 bits per heavy atom. The molecule has 1 saturated heterocycles. The summed E-state index contributed by atoms with van der Waals surface area (Å²) in [7, 11) is -2.05. The van der Waals surface area contributed by atoms with Gasteiger partial charge < -0.3 is 9.47 Å². The molecule has 4 atom stereocenters. The highest BCUT2D eigenvalue weighted by molar-refractivity contribution is 7.89. The van der Waals surface area contributed by atoms with Gasteiger partial charge in [0.15, 0.2) is 0 Å². The predicted molar refractivity (Wildman–Crippen MR) is 83.5 cm³/mol. The van der Waals surface area contributed by atoms with E-state index < -0.39 is 10.0 Å². The molecule has 0 radical (unpaired) electrons. The molecule has 1 heterocycles. The number of ether oxygens (including phenoxy) is 2. The highest BCUT2D eigenvalue weighted by Crippen LogP contribution is 2.44. The summed E-state index contributed by atoms with van der Waals surface area (Å²) >= 11 is 6.10. The van der Waals surface area contributed by atoms with Crippen molar-refractivity contribution >= 4 is 21.6 Å². The number of methoxy groups -OCH3 is 1. The van der Waals surface area contributed by atoms with Gasteiger partial charge in [-0.05, 0) is 25.0 Å². The van der Waals surface area contributed by atoms with E-state index in [0.29, 0.717) is 18.8 Å². The van der Waals surface area contributed by atoms with Crippen molar-refractivity contribution in [2.75, 3.05) is 20.3 Å². The monoisotopic (exact) mass is 345 g/mol. The first-order chi connectivity index (χ1) is 10.5. The molecule has 1 aromatic carbocycles. The van der Waals surface area contributed by atoms with Gasteiger partial charge in [0.05, 0.1) is 17.7 Å². The predicted octanol–water partition coefficient (Wildman–Crippen LogP) is 1.98. The number of nitrogens with one attached hydrogen (secondary N) is 1. The third-order valence-corrected chi connectivity index (χ3v) is 6.70. The average molecular weight is 346 g/mol. The number of hydrogen-bond acceptors (Lipinski definition) is 4. The van der Waals surface area contributed by atoms with Crippen LogP contribution < -0.4 is 4.72 Å². The summed E-state index contributed by atoms with van der Waals surface area (Å²) in [5, 5.41) is 0.245. The molecule has 5 nitrogen and oxygen atoms in total. The Bertz CT molecular complexity index is 643. The normalized spacial score (nSPS) is 30.9. The lowest BCUT2D eigenvalue weighted by molar-refractivity contribution is -0.0775. The second-order valence-electron chi connectivity index (χ2n) is 5.94. The highest BCUT2D eigenvalue weighted by atomic mass is 35.5. The quantitative estimate of drug-likeness (QED) is 0.886. The third kappa shape index (κ3) is 2.67. The largest absolute Gasteiger partial charge is 0.384 e. The van der Waals surface area contributed by atoms with Gasteiger partial charge in [0, 0.05) is 31.6 Å². The number of fused-ring (bicyclic) bond motifs is 1. The molecule has 1 aliphatic heterocycles. The number of rotatable bonds is 5. The van der Waals surface area contributed by atoms with Crippen LogP contribution in [0.1, 0.15) is 12.0 Å². The van der Waals surface area contributed by atoms with E-state index in [1.54, 1.807) is 32.2 Å². The van der Waals surface area contributed by atoms with Crippen LogP contribution in [0.15, 0.2) is 23.1 Å². The summed E-state index contributed by atoms with van der Waals surface area (Å²) in [6.45, 7) is 2.91. The Hall–Kier alpha value is -0.660. The number of hydrogen-bond donors (Lipinski definition) is 1. The first kappa shape index (κ1) is 16.2. The molecule has 7 heteroatoms. The van der Waals surface area contributed by atoms with Crippen molar-refractivity contribution in [3.63, 3.8) is 0 Å². The summed E-state index contributed by atoms with van der Waals surface area (Å²) in [6.07, 6.45) is 0.972. The molecule has 0 amide bonds. The maximum Gasteiger partial charge on any atom is 0.242 e. The van der Waals surface area contributed by atoms with Crippen molar-refractivity contribution in [2.24, 2.45) is 11.8 Å². The second-order valence-corrected chi connectivity index (χ2v) is 8.00. The molecule has 0 unspecified atom stereocenters. The third-order valence-electron chi connectivity index (χ3n) is 4.61. The van der Waals surface area contributed by atoms with Crippen molar-refractivity contribution in [2.45, 2.75) is 30.4 Å². The van der Waals surface area contributed by atoms with E-state index >= 15 is 0 Å². The van der Waals surface area contributed by atoms with Crippen molar-refractivity contribution in [1.29, 1.82) is 0 Å². The number of sulfonamides is 1. The van der Waals surface area contributed by atoms with Crippen molar-refractivity contribution < 1.29 is 17.9 Å². The van der Waals surface area contributed by atoms with Gasteiger partial charge in [0.2, 0.25) is 10.0 Å². The zero-order valence-electron chi connectivity index (χ0n) is 12.6. The van der Waals surface area contributed by atoms with Gasteiger partial charge in [0.1, 0.15) is 4.90 Å². The van der Waals surface area contributed by atoms with Gasteiger partial charge in [-0.1, -0.05) is 23.7 Å². The van der Waals surface area contributed by atoms with E-state index in [1.807, 2.05) is 0 Å². The molecule has 0 bridgehead atoms. The van der Waals surface area contributed by atoms with Crippen LogP contribution in [-0.2, 0) is 19.5 Å². The average Bonchev–Trinajstić information content (AvgIpc) is 2.86. The number of benzene rings is 1. The molecule has 122 valence electrons. The van der Waals surface area contributed by atoms with Crippen molar-refractivity contribution in [3.05, 3.63) is 28.8 Å². The number of aryl methyl sites for hydroxylation is 1. The van der Waals surface area contributed by atoms with Crippen LogP contribution in [0.2, 0.25) is 5.02 Å². The molecule has 1 N–H and O–H groups in total. The molecule has 2 aliphatic rings. The standard InChI is InChI=1S/C15H20ClNO4S/c1-9-4-3-5-12(16)15(9)22(18,19)17-13-10-6-7-21-14(10)11(13)8-20-2/h3-5,10-11,13-14,17H,6-8H2,1-2H3/t10-,11-,13-,14-/m1/s1. The Balaban J connectivity index is 1.85. The maximum absolute atomic E-state index is 12.7. The van der Waals surface area contributed by atoms with E-state index in [9.17, 15) is 8.42 Å². The molecule has 0 aromatic heterocycles. The maximum atomic E-state index is 12.7. The van der Waals surface area contributed by atoms with Gasteiger partial charge in [-0.3, -0.25) is 0 Å². The van der Waals surface area contributed by atoms with Crippen LogP contribution in [-0.4, -0.2) is 40.9 Å². The molecule has 3 rings (SSSR count). The van der Waals surface area contributed by atoms with Gasteiger partial charge >= 0.3 is 0 Å². The zero-order valence-corrected chi connectivity index (χ0v) is 14.2. The summed E-state index contributed by atoms with van der Waals surface area (Å²) < 4.78 is 39.2. The molecule has 1 saturated carbocycles. The minimum absolute atomic E-state index is 0.0510. The molecule has 1 aromatic rings. The minimum atomic E-state index is -3.66. The van der Waals surface area contributed by atoms with Gasteiger partial charge in [-0.25, -0.2) is 13.1 Å². The fourth-order valence-corrected chi connectivity index (χ4v) is 5.76. The first-order valence-corrected chi connectivity index (χ1v) is 9.20. The van der Waals surface area contributed by atoms with E-state index in [4.69, 9.17) is 21.1 Å². The van der Waals surface area contributed by atoms with E-state index in [1.165, 1.54) is 0 Å². The summed E-state index contributed by atoms with van der Waals surface area (Å²) in [5.41, 5.74) is 0.641. The van der Waals surface area contributed by atoms with E-state index in [0.717, 1.165) is 6.42 Å². The van der Waals surface area contributed by atoms with Crippen LogP contribution in [0.5, 0.6) is 0 Å². The highest BCUT2D eigenvalue weighted by Gasteiger charge is 2.55. The molecule has 22 heavy (non-hydrogen) atoms. The summed E-state index contributed by atoms with van der Waals surface area (Å²) in [5.74, 6) is 0.271. The van der Waals surface area contributed by atoms with Crippen LogP contribution in [0.3, 0.4) is 0 Å². The van der Waals surface area contributed by atoms with Gasteiger partial charge in [0.25, 0.3) is 0 Å². The smallest absolute Gasteiger partial charge is 0.242 e.